The van der Waals surface area contributed by atoms with Crippen LogP contribution in [0.2, 0.25) is 0 Å². The highest BCUT2D eigenvalue weighted by atomic mass is 32.1. The van der Waals surface area contributed by atoms with E-state index in [0.717, 1.165) is 4.88 Å². The summed E-state index contributed by atoms with van der Waals surface area (Å²) in [6.45, 7) is 0. The third-order valence-electron chi connectivity index (χ3n) is 4.32. The van der Waals surface area contributed by atoms with Gasteiger partial charge >= 0.3 is 0 Å². The fraction of sp³-hybridized carbons (Fsp3) is 0.0952. The first-order chi connectivity index (χ1) is 14.5. The van der Waals surface area contributed by atoms with Gasteiger partial charge in [0.2, 0.25) is 11.8 Å². The first kappa shape index (κ1) is 19.7. The van der Waals surface area contributed by atoms with Gasteiger partial charge in [0, 0.05) is 10.6 Å². The van der Waals surface area contributed by atoms with Crippen molar-refractivity contribution in [3.63, 3.8) is 0 Å². The smallest absolute Gasteiger partial charge is 0.230 e. The fourth-order valence-corrected chi connectivity index (χ4v) is 3.96. The van der Waals surface area contributed by atoms with E-state index in [0.29, 0.717) is 27.3 Å². The normalized spacial score (nSPS) is 10.9. The molecular formula is C21H16F2N4O2S. The van der Waals surface area contributed by atoms with Crippen LogP contribution in [-0.2, 0) is 22.4 Å². The molecule has 0 bridgehead atoms. The second-order valence-corrected chi connectivity index (χ2v) is 7.70. The van der Waals surface area contributed by atoms with E-state index in [1.54, 1.807) is 30.3 Å². The van der Waals surface area contributed by atoms with E-state index >= 15 is 0 Å². The van der Waals surface area contributed by atoms with Crippen molar-refractivity contribution >= 4 is 44.9 Å². The Kier molecular flexibility index (Phi) is 5.53. The number of rotatable bonds is 6. The highest BCUT2D eigenvalue weighted by Gasteiger charge is 2.15. The van der Waals surface area contributed by atoms with E-state index in [1.807, 2.05) is 0 Å². The molecule has 6 nitrogen and oxygen atoms in total. The Labute approximate surface area is 173 Å². The molecule has 0 spiro atoms. The molecule has 0 saturated heterocycles. The molecular weight excluding hydrogens is 410 g/mol. The maximum absolute atomic E-state index is 13.7. The highest BCUT2D eigenvalue weighted by Crippen LogP contribution is 2.30. The summed E-state index contributed by atoms with van der Waals surface area (Å²) in [7, 11) is 0. The molecule has 2 amide bonds. The minimum atomic E-state index is -0.440. The third kappa shape index (κ3) is 4.52. The maximum atomic E-state index is 13.7. The summed E-state index contributed by atoms with van der Waals surface area (Å²) in [6.07, 6.45) is -0.0274. The van der Waals surface area contributed by atoms with Gasteiger partial charge in [-0.2, -0.15) is 5.10 Å². The lowest BCUT2D eigenvalue weighted by atomic mass is 10.1. The van der Waals surface area contributed by atoms with Crippen LogP contribution in [0.5, 0.6) is 0 Å². The van der Waals surface area contributed by atoms with Crippen LogP contribution in [0.1, 0.15) is 10.4 Å². The second-order valence-electron chi connectivity index (χ2n) is 6.58. The van der Waals surface area contributed by atoms with Crippen molar-refractivity contribution in [2.24, 2.45) is 0 Å². The Balaban J connectivity index is 1.42. The molecule has 0 saturated carbocycles. The number of hydrogen-bond acceptors (Lipinski definition) is 4. The number of benzene rings is 2. The van der Waals surface area contributed by atoms with E-state index in [1.165, 1.54) is 35.6 Å². The Hall–Kier alpha value is -3.59. The largest absolute Gasteiger partial charge is 0.326 e. The molecule has 9 heteroatoms. The van der Waals surface area contributed by atoms with Crippen LogP contribution in [0.4, 0.5) is 20.3 Å². The first-order valence-electron chi connectivity index (χ1n) is 9.03. The van der Waals surface area contributed by atoms with E-state index in [2.05, 4.69) is 20.8 Å². The van der Waals surface area contributed by atoms with E-state index in [4.69, 9.17) is 0 Å². The molecule has 152 valence electrons. The summed E-state index contributed by atoms with van der Waals surface area (Å²) >= 11 is 1.31. The monoisotopic (exact) mass is 426 g/mol. The van der Waals surface area contributed by atoms with Crippen LogP contribution in [0.15, 0.2) is 54.6 Å². The number of anilines is 2. The summed E-state index contributed by atoms with van der Waals surface area (Å²) in [5, 5.41) is 12.9. The average molecular weight is 426 g/mol. The van der Waals surface area contributed by atoms with Crippen molar-refractivity contribution in [2.45, 2.75) is 12.8 Å². The lowest BCUT2D eigenvalue weighted by Gasteiger charge is -2.04. The van der Waals surface area contributed by atoms with Gasteiger partial charge in [0.05, 0.1) is 18.2 Å². The van der Waals surface area contributed by atoms with Gasteiger partial charge in [-0.3, -0.25) is 14.7 Å². The van der Waals surface area contributed by atoms with Crippen molar-refractivity contribution < 1.29 is 18.4 Å². The predicted octanol–water partition coefficient (Wildman–Crippen LogP) is 4.27. The van der Waals surface area contributed by atoms with Crippen LogP contribution >= 0.6 is 11.3 Å². The van der Waals surface area contributed by atoms with Crippen molar-refractivity contribution in [3.05, 3.63) is 76.7 Å². The lowest BCUT2D eigenvalue weighted by molar-refractivity contribution is -0.116. The molecule has 0 atom stereocenters. The molecule has 2 aromatic heterocycles. The molecule has 4 aromatic rings. The molecule has 2 heterocycles. The summed E-state index contributed by atoms with van der Waals surface area (Å²) in [4.78, 5) is 25.9. The number of H-pyrrole nitrogens is 1. The van der Waals surface area contributed by atoms with E-state index < -0.39 is 11.6 Å². The average Bonchev–Trinajstić information content (AvgIpc) is 3.25. The summed E-state index contributed by atoms with van der Waals surface area (Å²) in [5.41, 5.74) is 0.675. The van der Waals surface area contributed by atoms with Crippen LogP contribution in [0.25, 0.3) is 10.2 Å². The number of aromatic nitrogens is 2. The number of nitrogens with one attached hydrogen (secondary N) is 3. The Morgan fingerprint density at radius 3 is 2.57 bits per heavy atom. The van der Waals surface area contributed by atoms with Gasteiger partial charge in [0.15, 0.2) is 0 Å². The number of fused-ring (bicyclic) bond motifs is 1. The number of hydrogen-bond donors (Lipinski definition) is 3. The first-order valence-corrected chi connectivity index (χ1v) is 9.85. The van der Waals surface area contributed by atoms with Gasteiger partial charge in [0.25, 0.3) is 0 Å². The van der Waals surface area contributed by atoms with Crippen LogP contribution in [0.3, 0.4) is 0 Å². The third-order valence-corrected chi connectivity index (χ3v) is 5.35. The zero-order chi connectivity index (χ0) is 21.1. The summed E-state index contributed by atoms with van der Waals surface area (Å²) < 4.78 is 27.0. The van der Waals surface area contributed by atoms with Crippen molar-refractivity contribution in [1.29, 1.82) is 0 Å². The van der Waals surface area contributed by atoms with Crippen molar-refractivity contribution in [1.82, 2.24) is 10.2 Å². The van der Waals surface area contributed by atoms with Crippen molar-refractivity contribution in [2.75, 3.05) is 10.6 Å². The molecule has 0 aliphatic rings. The molecule has 3 N–H and O–H groups in total. The summed E-state index contributed by atoms with van der Waals surface area (Å²) in [5.74, 6) is -1.16. The highest BCUT2D eigenvalue weighted by molar-refractivity contribution is 7.18. The topological polar surface area (TPSA) is 86.9 Å². The Bertz CT molecular complexity index is 1230. The molecule has 0 fully saturated rings. The fourth-order valence-electron chi connectivity index (χ4n) is 2.97. The minimum absolute atomic E-state index is 0.0835. The van der Waals surface area contributed by atoms with Crippen LogP contribution in [-0.4, -0.2) is 22.0 Å². The number of thiophene rings is 1. The van der Waals surface area contributed by atoms with Gasteiger partial charge in [-0.15, -0.1) is 11.3 Å². The number of carbonyl (C=O) groups is 2. The number of amides is 2. The Morgan fingerprint density at radius 1 is 0.967 bits per heavy atom. The van der Waals surface area contributed by atoms with Gasteiger partial charge in [-0.25, -0.2) is 8.78 Å². The number of halogens is 2. The molecule has 4 rings (SSSR count). The van der Waals surface area contributed by atoms with Gasteiger partial charge in [-0.05, 0) is 35.9 Å². The maximum Gasteiger partial charge on any atom is 0.230 e. The predicted molar refractivity (Wildman–Crippen MR) is 111 cm³/mol. The molecule has 2 aromatic carbocycles. The van der Waals surface area contributed by atoms with E-state index in [-0.39, 0.29) is 24.7 Å². The molecule has 0 unspecified atom stereocenters. The SMILES string of the molecule is O=C(Cc1cc2c(NC(=O)Cc3ccccc3F)[nH]nc2s1)Nc1cccc(F)c1. The zero-order valence-electron chi connectivity index (χ0n) is 15.5. The van der Waals surface area contributed by atoms with Gasteiger partial charge in [-0.1, -0.05) is 24.3 Å². The lowest BCUT2D eigenvalue weighted by Crippen LogP contribution is -2.15. The Morgan fingerprint density at radius 2 is 1.77 bits per heavy atom. The van der Waals surface area contributed by atoms with Gasteiger partial charge in [0.1, 0.15) is 22.3 Å². The number of aromatic amines is 1. The van der Waals surface area contributed by atoms with E-state index in [9.17, 15) is 18.4 Å². The van der Waals surface area contributed by atoms with Gasteiger partial charge < -0.3 is 10.6 Å². The molecule has 0 aliphatic heterocycles. The quantitative estimate of drug-likeness (QED) is 0.430. The second kappa shape index (κ2) is 8.42. The van der Waals surface area contributed by atoms with Crippen molar-refractivity contribution in [3.8, 4) is 0 Å². The summed E-state index contributed by atoms with van der Waals surface area (Å²) in [6, 6.07) is 13.5. The zero-order valence-corrected chi connectivity index (χ0v) is 16.4. The minimum Gasteiger partial charge on any atom is -0.326 e. The molecule has 30 heavy (non-hydrogen) atoms. The van der Waals surface area contributed by atoms with Crippen LogP contribution in [0, 0.1) is 11.6 Å². The molecule has 0 radical (unpaired) electrons. The standard InChI is InChI=1S/C21H16F2N4O2S/c22-13-5-3-6-14(9-13)24-19(29)11-15-10-16-20(26-27-21(16)30-15)25-18(28)8-12-4-1-2-7-17(12)23/h1-7,9-10H,8,11H2,(H,24,29)(H2,25,26,27,28). The van der Waals surface area contributed by atoms with Crippen LogP contribution < -0.4 is 10.6 Å². The number of carbonyl (C=O) groups excluding carboxylic acids is 2. The number of nitrogens with zero attached hydrogens (tertiary/aromatic N) is 1. The molecule has 0 aliphatic carbocycles.